The Bertz CT molecular complexity index is 1550. The van der Waals surface area contributed by atoms with Crippen LogP contribution in [0, 0.1) is 5.82 Å². The molecule has 2 aromatic carbocycles. The number of pyridine rings is 1. The van der Waals surface area contributed by atoms with Gasteiger partial charge in [0.2, 0.25) is 5.91 Å². The van der Waals surface area contributed by atoms with E-state index in [1.54, 1.807) is 18.2 Å². The number of rotatable bonds is 8. The molecule has 0 aliphatic carbocycles. The van der Waals surface area contributed by atoms with Crippen LogP contribution >= 0.6 is 0 Å². The lowest BCUT2D eigenvalue weighted by atomic mass is 10.1. The minimum Gasteiger partial charge on any atom is -0.456 e. The van der Waals surface area contributed by atoms with Crippen LogP contribution in [0.25, 0.3) is 10.9 Å². The lowest BCUT2D eigenvalue weighted by Gasteiger charge is -2.11. The SMILES string of the molecule is CCn1nc(NC(=O)Cc2ccc(Oc3ccnc4ccc(S(C)(=O)=O)cc34)cc2F)cc1C(C)C. The first-order valence-electron chi connectivity index (χ1n) is 11.5. The van der Waals surface area contributed by atoms with E-state index in [0.717, 1.165) is 11.9 Å². The van der Waals surface area contributed by atoms with E-state index in [1.807, 2.05) is 31.5 Å². The van der Waals surface area contributed by atoms with Crippen molar-refractivity contribution in [3.8, 4) is 11.5 Å². The van der Waals surface area contributed by atoms with E-state index in [1.165, 1.54) is 30.5 Å². The summed E-state index contributed by atoms with van der Waals surface area (Å²) in [4.78, 5) is 16.9. The Hall–Kier alpha value is -3.79. The third-order valence-corrected chi connectivity index (χ3v) is 6.78. The highest BCUT2D eigenvalue weighted by molar-refractivity contribution is 7.90. The van der Waals surface area contributed by atoms with Crippen LogP contribution in [-0.4, -0.2) is 35.3 Å². The van der Waals surface area contributed by atoms with E-state index in [4.69, 9.17) is 4.74 Å². The van der Waals surface area contributed by atoms with Crippen molar-refractivity contribution >= 4 is 32.5 Å². The fraction of sp³-hybridized carbons (Fsp3) is 0.269. The largest absolute Gasteiger partial charge is 0.456 e. The van der Waals surface area contributed by atoms with Gasteiger partial charge in [-0.25, -0.2) is 12.8 Å². The van der Waals surface area contributed by atoms with E-state index in [9.17, 15) is 17.6 Å². The number of sulfone groups is 1. The average molecular weight is 511 g/mol. The number of nitrogens with zero attached hydrogens (tertiary/aromatic N) is 3. The Kier molecular flexibility index (Phi) is 7.07. The second-order valence-electron chi connectivity index (χ2n) is 8.77. The Labute approximate surface area is 209 Å². The molecule has 0 radical (unpaired) electrons. The molecule has 0 bridgehead atoms. The zero-order valence-electron chi connectivity index (χ0n) is 20.4. The summed E-state index contributed by atoms with van der Waals surface area (Å²) in [5.74, 6) is 0.249. The molecule has 10 heteroatoms. The van der Waals surface area contributed by atoms with Crippen molar-refractivity contribution < 1.29 is 22.3 Å². The number of hydrogen-bond donors (Lipinski definition) is 1. The Morgan fingerprint density at radius 3 is 2.56 bits per heavy atom. The smallest absolute Gasteiger partial charge is 0.230 e. The number of nitrogens with one attached hydrogen (secondary N) is 1. The second kappa shape index (κ2) is 10.1. The topological polar surface area (TPSA) is 103 Å². The van der Waals surface area contributed by atoms with E-state index in [0.29, 0.717) is 29.0 Å². The highest BCUT2D eigenvalue weighted by Gasteiger charge is 2.16. The van der Waals surface area contributed by atoms with Crippen molar-refractivity contribution in [3.05, 3.63) is 71.8 Å². The predicted molar refractivity (Wildman–Crippen MR) is 136 cm³/mol. The summed E-state index contributed by atoms with van der Waals surface area (Å²) in [7, 11) is -3.42. The maximum atomic E-state index is 14.8. The molecule has 0 aliphatic heterocycles. The van der Waals surface area contributed by atoms with Crippen LogP contribution in [0.4, 0.5) is 10.2 Å². The third-order valence-electron chi connectivity index (χ3n) is 5.67. The molecular formula is C26H27FN4O4S. The molecule has 36 heavy (non-hydrogen) atoms. The first kappa shape index (κ1) is 25.3. The molecule has 1 N–H and O–H groups in total. The number of amides is 1. The standard InChI is InChI=1S/C26H27FN4O4S/c1-5-31-23(16(2)3)15-25(30-31)29-26(32)12-17-6-7-18(13-21(17)27)35-24-10-11-28-22-9-8-19(14-20(22)24)36(4,33)34/h6-11,13-16H,5,12H2,1-4H3,(H,29,30,32). The van der Waals surface area contributed by atoms with Crippen molar-refractivity contribution in [3.63, 3.8) is 0 Å². The van der Waals surface area contributed by atoms with Gasteiger partial charge >= 0.3 is 0 Å². The van der Waals surface area contributed by atoms with Crippen molar-refractivity contribution in [2.75, 3.05) is 11.6 Å². The van der Waals surface area contributed by atoms with Gasteiger partial charge < -0.3 is 10.1 Å². The highest BCUT2D eigenvalue weighted by Crippen LogP contribution is 2.31. The van der Waals surface area contributed by atoms with E-state index in [-0.39, 0.29) is 34.5 Å². The fourth-order valence-corrected chi connectivity index (χ4v) is 4.50. The summed E-state index contributed by atoms with van der Waals surface area (Å²) < 4.78 is 46.4. The molecule has 2 heterocycles. The van der Waals surface area contributed by atoms with Gasteiger partial charge in [0, 0.05) is 42.2 Å². The van der Waals surface area contributed by atoms with Crippen LogP contribution in [0.1, 0.15) is 37.9 Å². The van der Waals surface area contributed by atoms with Crippen LogP contribution in [0.2, 0.25) is 0 Å². The van der Waals surface area contributed by atoms with Crippen LogP contribution in [0.3, 0.4) is 0 Å². The van der Waals surface area contributed by atoms with Gasteiger partial charge in [-0.2, -0.15) is 5.10 Å². The van der Waals surface area contributed by atoms with Crippen molar-refractivity contribution in [1.29, 1.82) is 0 Å². The number of anilines is 1. The Balaban J connectivity index is 1.51. The van der Waals surface area contributed by atoms with Gasteiger partial charge in [-0.1, -0.05) is 19.9 Å². The molecule has 2 aromatic heterocycles. The van der Waals surface area contributed by atoms with Crippen LogP contribution in [0.15, 0.2) is 59.6 Å². The first-order valence-corrected chi connectivity index (χ1v) is 13.4. The van der Waals surface area contributed by atoms with Gasteiger partial charge in [0.15, 0.2) is 15.7 Å². The summed E-state index contributed by atoms with van der Waals surface area (Å²) in [6.07, 6.45) is 2.48. The zero-order chi connectivity index (χ0) is 26.0. The van der Waals surface area contributed by atoms with Gasteiger partial charge in [-0.3, -0.25) is 14.5 Å². The lowest BCUT2D eigenvalue weighted by molar-refractivity contribution is -0.115. The molecular weight excluding hydrogens is 483 g/mol. The minimum atomic E-state index is -3.42. The molecule has 0 aliphatic rings. The fourth-order valence-electron chi connectivity index (χ4n) is 3.85. The molecule has 1 amide bonds. The second-order valence-corrected chi connectivity index (χ2v) is 10.8. The normalized spacial score (nSPS) is 11.7. The number of carbonyl (C=O) groups is 1. The highest BCUT2D eigenvalue weighted by atomic mass is 32.2. The van der Waals surface area contributed by atoms with Gasteiger partial charge in [0.1, 0.15) is 17.3 Å². The van der Waals surface area contributed by atoms with Crippen molar-refractivity contribution in [1.82, 2.24) is 14.8 Å². The van der Waals surface area contributed by atoms with Gasteiger partial charge in [0.25, 0.3) is 0 Å². The summed E-state index contributed by atoms with van der Waals surface area (Å²) in [6.45, 7) is 6.75. The van der Waals surface area contributed by atoms with Crippen molar-refractivity contribution in [2.45, 2.75) is 44.6 Å². The minimum absolute atomic E-state index is 0.129. The lowest BCUT2D eigenvalue weighted by Crippen LogP contribution is -2.16. The summed E-state index contributed by atoms with van der Waals surface area (Å²) in [5.41, 5.74) is 1.75. The molecule has 8 nitrogen and oxygen atoms in total. The predicted octanol–water partition coefficient (Wildman–Crippen LogP) is 5.09. The molecule has 0 fully saturated rings. The molecule has 0 spiro atoms. The number of benzene rings is 2. The molecule has 0 unspecified atom stereocenters. The summed E-state index contributed by atoms with van der Waals surface area (Å²) >= 11 is 0. The molecule has 0 atom stereocenters. The molecule has 188 valence electrons. The molecule has 0 saturated heterocycles. The van der Waals surface area contributed by atoms with Crippen LogP contribution < -0.4 is 10.1 Å². The maximum absolute atomic E-state index is 14.8. The van der Waals surface area contributed by atoms with Gasteiger partial charge in [0.05, 0.1) is 16.8 Å². The zero-order valence-corrected chi connectivity index (χ0v) is 21.3. The Morgan fingerprint density at radius 2 is 1.92 bits per heavy atom. The third kappa shape index (κ3) is 5.54. The Morgan fingerprint density at radius 1 is 1.14 bits per heavy atom. The number of hydrogen-bond acceptors (Lipinski definition) is 6. The molecule has 4 aromatic rings. The number of aromatic nitrogens is 3. The van der Waals surface area contributed by atoms with E-state index < -0.39 is 15.7 Å². The van der Waals surface area contributed by atoms with Crippen LogP contribution in [0.5, 0.6) is 11.5 Å². The number of ether oxygens (including phenoxy) is 1. The van der Waals surface area contributed by atoms with Crippen molar-refractivity contribution in [2.24, 2.45) is 0 Å². The van der Waals surface area contributed by atoms with Gasteiger partial charge in [-0.15, -0.1) is 0 Å². The maximum Gasteiger partial charge on any atom is 0.230 e. The van der Waals surface area contributed by atoms with Gasteiger partial charge in [-0.05, 0) is 48.7 Å². The number of fused-ring (bicyclic) bond motifs is 1. The number of aryl methyl sites for hydroxylation is 1. The van der Waals surface area contributed by atoms with E-state index >= 15 is 0 Å². The summed E-state index contributed by atoms with van der Waals surface area (Å²) in [5, 5.41) is 7.61. The molecule has 0 saturated carbocycles. The first-order chi connectivity index (χ1) is 17.0. The average Bonchev–Trinajstić information content (AvgIpc) is 3.23. The monoisotopic (exact) mass is 510 g/mol. The summed E-state index contributed by atoms with van der Waals surface area (Å²) in [6, 6.07) is 12.2. The molecule has 4 rings (SSSR count). The van der Waals surface area contributed by atoms with E-state index in [2.05, 4.69) is 15.4 Å². The quantitative estimate of drug-likeness (QED) is 0.354. The number of halogens is 1. The van der Waals surface area contributed by atoms with Crippen LogP contribution in [-0.2, 0) is 27.6 Å². The number of carbonyl (C=O) groups excluding carboxylic acids is 1.